The van der Waals surface area contributed by atoms with Crippen molar-refractivity contribution in [3.8, 4) is 11.9 Å². The van der Waals surface area contributed by atoms with Gasteiger partial charge in [-0.15, -0.1) is 0 Å². The van der Waals surface area contributed by atoms with Crippen molar-refractivity contribution in [1.82, 2.24) is 9.97 Å². The molecule has 2 heterocycles. The van der Waals surface area contributed by atoms with Crippen LogP contribution in [0.4, 0.5) is 5.69 Å². The summed E-state index contributed by atoms with van der Waals surface area (Å²) >= 11 is 4.89. The number of nitro benzene ring substituents is 1. The van der Waals surface area contributed by atoms with Crippen LogP contribution in [-0.2, 0) is 0 Å². The minimum absolute atomic E-state index is 0.0346. The normalized spacial score (nSPS) is 16.0. The van der Waals surface area contributed by atoms with Crippen molar-refractivity contribution < 1.29 is 9.66 Å². The Morgan fingerprint density at radius 1 is 1.33 bits per heavy atom. The SMILES string of the molecule is N#CC1=C(N)Oc2[nH]c(=S)[nH]c(=O)c2[C@H]1c1ccc([N+](=O)[O-])cc1. The predicted octanol–water partition coefficient (Wildman–Crippen LogP) is 1.56. The number of hydrogen-bond acceptors (Lipinski definition) is 7. The quantitative estimate of drug-likeness (QED) is 0.425. The standard InChI is InChI=1S/C14H9N5O4S/c15-5-8-9(6-1-3-7(4-2-6)19(21)22)10-12(20)17-14(24)18-13(10)23-11(8)16/h1-4,9H,16H2,(H2,17,18,20,24)/t9-/m0/s1. The van der Waals surface area contributed by atoms with Gasteiger partial charge in [0.2, 0.25) is 11.8 Å². The van der Waals surface area contributed by atoms with E-state index in [0.717, 1.165) is 0 Å². The smallest absolute Gasteiger partial charge is 0.269 e. The monoisotopic (exact) mass is 343 g/mol. The van der Waals surface area contributed by atoms with Crippen LogP contribution in [0.15, 0.2) is 40.5 Å². The summed E-state index contributed by atoms with van der Waals surface area (Å²) in [7, 11) is 0. The van der Waals surface area contributed by atoms with Gasteiger partial charge in [-0.25, -0.2) is 0 Å². The number of nitrogens with two attached hydrogens (primary N) is 1. The molecule has 120 valence electrons. The van der Waals surface area contributed by atoms with E-state index in [4.69, 9.17) is 22.7 Å². The third-order valence-corrected chi connectivity index (χ3v) is 3.76. The molecule has 2 aromatic rings. The first kappa shape index (κ1) is 15.4. The van der Waals surface area contributed by atoms with Crippen LogP contribution in [0, 0.1) is 26.2 Å². The highest BCUT2D eigenvalue weighted by atomic mass is 32.1. The predicted molar refractivity (Wildman–Crippen MR) is 84.6 cm³/mol. The molecule has 0 bridgehead atoms. The summed E-state index contributed by atoms with van der Waals surface area (Å²) in [4.78, 5) is 27.7. The molecule has 1 aromatic heterocycles. The Morgan fingerprint density at radius 3 is 2.58 bits per heavy atom. The summed E-state index contributed by atoms with van der Waals surface area (Å²) in [6, 6.07) is 7.42. The van der Waals surface area contributed by atoms with Crippen molar-refractivity contribution in [2.75, 3.05) is 0 Å². The van der Waals surface area contributed by atoms with Gasteiger partial charge in [0, 0.05) is 12.1 Å². The van der Waals surface area contributed by atoms with Crippen molar-refractivity contribution in [3.63, 3.8) is 0 Å². The highest BCUT2D eigenvalue weighted by Gasteiger charge is 2.34. The zero-order valence-corrected chi connectivity index (χ0v) is 12.7. The number of nitrogens with one attached hydrogen (secondary N) is 2. The second kappa shape index (κ2) is 5.64. The summed E-state index contributed by atoms with van der Waals surface area (Å²) in [6.07, 6.45) is 0. The molecule has 24 heavy (non-hydrogen) atoms. The first-order valence-corrected chi connectivity index (χ1v) is 7.01. The van der Waals surface area contributed by atoms with Crippen LogP contribution < -0.4 is 16.0 Å². The first-order chi connectivity index (χ1) is 11.4. The molecule has 1 aromatic carbocycles. The van der Waals surface area contributed by atoms with Crippen molar-refractivity contribution in [2.24, 2.45) is 5.73 Å². The maximum atomic E-state index is 12.3. The molecule has 0 saturated carbocycles. The van der Waals surface area contributed by atoms with Gasteiger partial charge in [0.15, 0.2) is 4.77 Å². The van der Waals surface area contributed by atoms with E-state index in [0.29, 0.717) is 5.56 Å². The Morgan fingerprint density at radius 2 is 2.00 bits per heavy atom. The molecule has 4 N–H and O–H groups in total. The lowest BCUT2D eigenvalue weighted by Crippen LogP contribution is -2.28. The molecule has 1 aliphatic rings. The fraction of sp³-hybridized carbons (Fsp3) is 0.0714. The van der Waals surface area contributed by atoms with E-state index in [1.807, 2.05) is 6.07 Å². The zero-order valence-electron chi connectivity index (χ0n) is 11.9. The van der Waals surface area contributed by atoms with E-state index >= 15 is 0 Å². The van der Waals surface area contributed by atoms with Crippen molar-refractivity contribution in [1.29, 1.82) is 5.26 Å². The fourth-order valence-electron chi connectivity index (χ4n) is 2.51. The molecule has 10 heteroatoms. The Labute approximate surface area is 139 Å². The Kier molecular flexibility index (Phi) is 3.63. The molecule has 3 rings (SSSR count). The largest absolute Gasteiger partial charge is 0.424 e. The molecule has 1 aliphatic heterocycles. The number of nitrogens with zero attached hydrogens (tertiary/aromatic N) is 2. The zero-order chi connectivity index (χ0) is 17.4. The number of benzene rings is 1. The molecule has 0 spiro atoms. The van der Waals surface area contributed by atoms with Gasteiger partial charge in [-0.1, -0.05) is 12.1 Å². The second-order valence-corrected chi connectivity index (χ2v) is 5.33. The van der Waals surface area contributed by atoms with Crippen LogP contribution in [-0.4, -0.2) is 14.9 Å². The van der Waals surface area contributed by atoms with Gasteiger partial charge in [0.25, 0.3) is 11.2 Å². The van der Waals surface area contributed by atoms with Gasteiger partial charge < -0.3 is 15.5 Å². The molecule has 0 radical (unpaired) electrons. The average Bonchev–Trinajstić information content (AvgIpc) is 2.53. The third kappa shape index (κ3) is 2.42. The summed E-state index contributed by atoms with van der Waals surface area (Å²) in [5.74, 6) is -0.941. The minimum atomic E-state index is -0.824. The average molecular weight is 343 g/mol. The number of H-pyrrole nitrogens is 2. The lowest BCUT2D eigenvalue weighted by molar-refractivity contribution is -0.384. The van der Waals surface area contributed by atoms with Crippen LogP contribution in [0.1, 0.15) is 17.0 Å². The second-order valence-electron chi connectivity index (χ2n) is 4.92. The lowest BCUT2D eigenvalue weighted by atomic mass is 9.85. The van der Waals surface area contributed by atoms with Gasteiger partial charge in [-0.2, -0.15) is 5.26 Å². The Balaban J connectivity index is 2.25. The number of aromatic nitrogens is 2. The van der Waals surface area contributed by atoms with E-state index in [2.05, 4.69) is 9.97 Å². The lowest BCUT2D eigenvalue weighted by Gasteiger charge is -2.24. The number of nitriles is 1. The number of hydrogen-bond donors (Lipinski definition) is 3. The molecule has 9 nitrogen and oxygen atoms in total. The van der Waals surface area contributed by atoms with Crippen LogP contribution in [0.2, 0.25) is 0 Å². The topological polar surface area (TPSA) is 151 Å². The molecule has 0 fully saturated rings. The Bertz CT molecular complexity index is 1030. The number of rotatable bonds is 2. The summed E-state index contributed by atoms with van der Waals surface area (Å²) in [5.41, 5.74) is 5.78. The van der Waals surface area contributed by atoms with E-state index in [1.165, 1.54) is 24.3 Å². The number of nitro groups is 1. The highest BCUT2D eigenvalue weighted by molar-refractivity contribution is 7.71. The van der Waals surface area contributed by atoms with E-state index in [-0.39, 0.29) is 33.4 Å². The maximum Gasteiger partial charge on any atom is 0.269 e. The third-order valence-electron chi connectivity index (χ3n) is 3.56. The molecule has 0 amide bonds. The van der Waals surface area contributed by atoms with Crippen LogP contribution in [0.3, 0.4) is 0 Å². The van der Waals surface area contributed by atoms with Crippen molar-refractivity contribution >= 4 is 17.9 Å². The molecule has 0 aliphatic carbocycles. The molecular weight excluding hydrogens is 334 g/mol. The number of aromatic amines is 2. The number of allylic oxidation sites excluding steroid dienone is 1. The molecule has 0 unspecified atom stereocenters. The van der Waals surface area contributed by atoms with E-state index in [1.54, 1.807) is 0 Å². The molecule has 0 saturated heterocycles. The Hall–Kier alpha value is -3.45. The van der Waals surface area contributed by atoms with Crippen LogP contribution >= 0.6 is 12.2 Å². The summed E-state index contributed by atoms with van der Waals surface area (Å²) in [5, 5.41) is 20.2. The van der Waals surface area contributed by atoms with Gasteiger partial charge in [0.1, 0.15) is 11.6 Å². The number of ether oxygens (including phenoxy) is 1. The van der Waals surface area contributed by atoms with Crippen LogP contribution in [0.25, 0.3) is 0 Å². The van der Waals surface area contributed by atoms with Crippen molar-refractivity contribution in [2.45, 2.75) is 5.92 Å². The number of fused-ring (bicyclic) bond motifs is 1. The highest BCUT2D eigenvalue weighted by Crippen LogP contribution is 2.39. The van der Waals surface area contributed by atoms with E-state index in [9.17, 15) is 20.2 Å². The maximum absolute atomic E-state index is 12.3. The van der Waals surface area contributed by atoms with Gasteiger partial charge in [-0.3, -0.25) is 19.9 Å². The molecular formula is C14H9N5O4S. The molecule has 1 atom stereocenters. The number of non-ortho nitro benzene ring substituents is 1. The fourth-order valence-corrected chi connectivity index (χ4v) is 2.70. The minimum Gasteiger partial charge on any atom is -0.424 e. The summed E-state index contributed by atoms with van der Waals surface area (Å²) < 4.78 is 5.35. The van der Waals surface area contributed by atoms with Gasteiger partial charge >= 0.3 is 0 Å². The van der Waals surface area contributed by atoms with Gasteiger partial charge in [0.05, 0.1) is 16.4 Å². The van der Waals surface area contributed by atoms with Crippen LogP contribution in [0.5, 0.6) is 5.88 Å². The van der Waals surface area contributed by atoms with E-state index < -0.39 is 16.4 Å². The first-order valence-electron chi connectivity index (χ1n) is 6.60. The van der Waals surface area contributed by atoms with Crippen molar-refractivity contribution in [3.05, 3.63) is 72.1 Å². The van der Waals surface area contributed by atoms with Gasteiger partial charge in [-0.05, 0) is 17.8 Å². The summed E-state index contributed by atoms with van der Waals surface area (Å²) in [6.45, 7) is 0.